The second-order valence-electron chi connectivity index (χ2n) is 7.13. The average molecular weight is 343 g/mol. The van der Waals surface area contributed by atoms with Gasteiger partial charge in [-0.3, -0.25) is 0 Å². The van der Waals surface area contributed by atoms with Crippen LogP contribution < -0.4 is 4.57 Å². The zero-order valence-electron chi connectivity index (χ0n) is 18.2. The molecule has 5 rings (SSSR count). The summed E-state index contributed by atoms with van der Waals surface area (Å²) >= 11 is 0. The number of pyridine rings is 1. The number of rotatable bonds is 1. The Hall–Kier alpha value is -2.94. The second kappa shape index (κ2) is 5.28. The van der Waals surface area contributed by atoms with E-state index < -0.39 is 6.85 Å². The summed E-state index contributed by atoms with van der Waals surface area (Å²) in [4.78, 5) is 4.73. The summed E-state index contributed by atoms with van der Waals surface area (Å²) in [5.41, 5.74) is 7.20. The number of nitrogens with zero attached hydrogens (tertiary/aromatic N) is 3. The van der Waals surface area contributed by atoms with E-state index >= 15 is 0 Å². The first kappa shape index (κ1) is 12.4. The number of aromatic nitrogens is 3. The molecule has 0 amide bonds. The fraction of sp³-hybridized carbons (Fsp3) is 0.217. The molecule has 0 atom stereocenters. The molecule has 0 saturated carbocycles. The minimum atomic E-state index is -2.11. The fourth-order valence-corrected chi connectivity index (χ4v) is 4.34. The van der Waals surface area contributed by atoms with Crippen molar-refractivity contribution in [2.75, 3.05) is 0 Å². The highest BCUT2D eigenvalue weighted by Crippen LogP contribution is 2.42. The number of hydrogen-bond acceptors (Lipinski definition) is 1. The van der Waals surface area contributed by atoms with Crippen molar-refractivity contribution in [3.05, 3.63) is 77.0 Å². The summed E-state index contributed by atoms with van der Waals surface area (Å²) in [5.74, 6) is 1.05. The Bertz CT molecular complexity index is 1300. The van der Waals surface area contributed by atoms with Crippen LogP contribution in [-0.2, 0) is 13.5 Å². The van der Waals surface area contributed by atoms with Crippen molar-refractivity contribution in [3.8, 4) is 16.9 Å². The normalized spacial score (nSPS) is 14.7. The topological polar surface area (TPSA) is 21.7 Å². The van der Waals surface area contributed by atoms with Crippen LogP contribution in [0.1, 0.15) is 32.3 Å². The van der Waals surface area contributed by atoms with Crippen LogP contribution in [0.15, 0.2) is 48.8 Å². The van der Waals surface area contributed by atoms with Gasteiger partial charge < -0.3 is 4.57 Å². The largest absolute Gasteiger partial charge is 0.302 e. The molecule has 3 nitrogen and oxygen atoms in total. The third-order valence-electron chi connectivity index (χ3n) is 5.41. The smallest absolute Gasteiger partial charge is 0.212 e. The highest BCUT2D eigenvalue weighted by atomic mass is 15.1. The first-order chi connectivity index (χ1) is 13.8. The molecule has 26 heavy (non-hydrogen) atoms. The van der Waals surface area contributed by atoms with E-state index in [-0.39, 0.29) is 0 Å². The van der Waals surface area contributed by atoms with Gasteiger partial charge >= 0.3 is 0 Å². The first-order valence-corrected chi connectivity index (χ1v) is 8.85. The molecule has 0 bridgehead atoms. The van der Waals surface area contributed by atoms with Gasteiger partial charge in [-0.25, -0.2) is 9.55 Å². The van der Waals surface area contributed by atoms with Crippen molar-refractivity contribution in [3.63, 3.8) is 0 Å². The van der Waals surface area contributed by atoms with Crippen LogP contribution in [0.3, 0.4) is 0 Å². The van der Waals surface area contributed by atoms with Crippen molar-refractivity contribution in [2.24, 2.45) is 7.05 Å². The standard InChI is InChI=1S/C23H22N3/c1-14-9-10-20(25(4)12-14)22-16(3)17-7-5-6-8-18(17)23-19(22)11-21-24-15(2)13-26(21)23/h5-10,12-13H,11H2,1-4H3/q+1/i1D3. The monoisotopic (exact) mass is 343 g/mol. The van der Waals surface area contributed by atoms with Crippen molar-refractivity contribution in [2.45, 2.75) is 27.1 Å². The molecule has 4 aromatic rings. The molecule has 0 fully saturated rings. The molecule has 0 N–H and O–H groups in total. The predicted molar refractivity (Wildman–Crippen MR) is 105 cm³/mol. The van der Waals surface area contributed by atoms with Gasteiger partial charge in [0.1, 0.15) is 12.9 Å². The molecular formula is C23H22N3+. The van der Waals surface area contributed by atoms with Gasteiger partial charge in [-0.15, -0.1) is 0 Å². The van der Waals surface area contributed by atoms with Crippen LogP contribution in [0.2, 0.25) is 0 Å². The molecule has 0 unspecified atom stereocenters. The van der Waals surface area contributed by atoms with Crippen LogP contribution >= 0.6 is 0 Å². The Kier molecular flexibility index (Phi) is 2.52. The van der Waals surface area contributed by atoms with Gasteiger partial charge in [0, 0.05) is 33.7 Å². The van der Waals surface area contributed by atoms with E-state index in [2.05, 4.69) is 42.0 Å². The van der Waals surface area contributed by atoms with Gasteiger partial charge in [-0.2, -0.15) is 0 Å². The van der Waals surface area contributed by atoms with E-state index in [1.54, 1.807) is 12.3 Å². The predicted octanol–water partition coefficient (Wildman–Crippen LogP) is 4.35. The van der Waals surface area contributed by atoms with E-state index in [9.17, 15) is 0 Å². The molecular weight excluding hydrogens is 318 g/mol. The van der Waals surface area contributed by atoms with E-state index in [1.807, 2.05) is 24.6 Å². The number of aryl methyl sites for hydroxylation is 4. The van der Waals surface area contributed by atoms with Crippen LogP contribution in [0.25, 0.3) is 27.7 Å². The molecule has 2 aromatic carbocycles. The van der Waals surface area contributed by atoms with E-state index in [1.165, 1.54) is 33.2 Å². The highest BCUT2D eigenvalue weighted by Gasteiger charge is 2.30. The van der Waals surface area contributed by atoms with Crippen LogP contribution in [0, 0.1) is 20.7 Å². The first-order valence-electron chi connectivity index (χ1n) is 10.4. The lowest BCUT2D eigenvalue weighted by atomic mass is 9.90. The van der Waals surface area contributed by atoms with Crippen molar-refractivity contribution in [1.29, 1.82) is 0 Å². The summed E-state index contributed by atoms with van der Waals surface area (Å²) < 4.78 is 27.3. The summed E-state index contributed by atoms with van der Waals surface area (Å²) in [6, 6.07) is 12.1. The second-order valence-corrected chi connectivity index (χ2v) is 7.13. The van der Waals surface area contributed by atoms with Gasteiger partial charge in [0.2, 0.25) is 5.69 Å². The van der Waals surface area contributed by atoms with Crippen molar-refractivity contribution in [1.82, 2.24) is 9.55 Å². The van der Waals surface area contributed by atoms with Crippen LogP contribution in [0.5, 0.6) is 0 Å². The zero-order chi connectivity index (χ0) is 20.5. The Balaban J connectivity index is 1.85. The molecule has 0 aliphatic carbocycles. The maximum absolute atomic E-state index is 7.71. The minimum Gasteiger partial charge on any atom is -0.302 e. The summed E-state index contributed by atoms with van der Waals surface area (Å²) in [5, 5.41) is 2.43. The van der Waals surface area contributed by atoms with Crippen LogP contribution in [-0.4, -0.2) is 9.55 Å². The molecule has 1 aliphatic heterocycles. The Labute approximate surface area is 157 Å². The quantitative estimate of drug-likeness (QED) is 0.415. The summed E-state index contributed by atoms with van der Waals surface area (Å²) in [6.45, 7) is 2.06. The van der Waals surface area contributed by atoms with Crippen molar-refractivity contribution < 1.29 is 8.68 Å². The number of benzene rings is 2. The zero-order valence-corrected chi connectivity index (χ0v) is 15.2. The van der Waals surface area contributed by atoms with E-state index in [0.717, 1.165) is 23.6 Å². The maximum Gasteiger partial charge on any atom is 0.212 e. The molecule has 3 heterocycles. The number of imidazole rings is 1. The lowest BCUT2D eigenvalue weighted by Crippen LogP contribution is -2.31. The highest BCUT2D eigenvalue weighted by molar-refractivity contribution is 6.00. The molecule has 128 valence electrons. The van der Waals surface area contributed by atoms with Crippen LogP contribution in [0.4, 0.5) is 0 Å². The molecule has 0 saturated heterocycles. The van der Waals surface area contributed by atoms with Gasteiger partial charge in [0.25, 0.3) is 0 Å². The number of hydrogen-bond donors (Lipinski definition) is 0. The van der Waals surface area contributed by atoms with Crippen molar-refractivity contribution >= 4 is 10.8 Å². The minimum absolute atomic E-state index is 0.349. The lowest BCUT2D eigenvalue weighted by molar-refractivity contribution is -0.660. The molecule has 0 spiro atoms. The third-order valence-corrected chi connectivity index (χ3v) is 5.41. The summed E-state index contributed by atoms with van der Waals surface area (Å²) in [7, 11) is 1.92. The maximum atomic E-state index is 7.71. The van der Waals surface area contributed by atoms with Gasteiger partial charge in [-0.1, -0.05) is 24.3 Å². The van der Waals surface area contributed by atoms with Gasteiger partial charge in [0.05, 0.1) is 16.9 Å². The summed E-state index contributed by atoms with van der Waals surface area (Å²) in [6.07, 6.45) is 4.59. The fourth-order valence-electron chi connectivity index (χ4n) is 4.34. The molecule has 3 heteroatoms. The Morgan fingerprint density at radius 3 is 2.69 bits per heavy atom. The number of fused-ring (bicyclic) bond motifs is 5. The lowest BCUT2D eigenvalue weighted by Gasteiger charge is -2.16. The Morgan fingerprint density at radius 1 is 1.12 bits per heavy atom. The van der Waals surface area contributed by atoms with E-state index in [4.69, 9.17) is 9.10 Å². The average Bonchev–Trinajstić information content (AvgIpc) is 3.18. The van der Waals surface area contributed by atoms with Gasteiger partial charge in [-0.05, 0) is 43.3 Å². The molecule has 0 radical (unpaired) electrons. The third kappa shape index (κ3) is 2.00. The van der Waals surface area contributed by atoms with E-state index in [0.29, 0.717) is 5.56 Å². The van der Waals surface area contributed by atoms with Gasteiger partial charge in [0.15, 0.2) is 6.20 Å². The SMILES string of the molecule is [2H]C([2H])([2H])c1ccc(-c2c3c(c4ccccc4c2C)-n2cc(C)nc2C3)[n+](C)c1. The Morgan fingerprint density at radius 2 is 1.92 bits per heavy atom. The molecule has 2 aromatic heterocycles. The molecule has 1 aliphatic rings.